The lowest BCUT2D eigenvalue weighted by Crippen LogP contribution is -1.96. The Kier molecular flexibility index (Phi) is 5.07. The summed E-state index contributed by atoms with van der Waals surface area (Å²) in [4.78, 5) is 14.5. The summed E-state index contributed by atoms with van der Waals surface area (Å²) in [6.07, 6.45) is 1.81. The second-order valence-electron chi connectivity index (χ2n) is 8.90. The molecule has 0 aliphatic heterocycles. The molecule has 4 heteroatoms. The predicted molar refractivity (Wildman–Crippen MR) is 149 cm³/mol. The number of hydrogen-bond donors (Lipinski definition) is 0. The molecule has 7 aromatic rings. The first-order chi connectivity index (χ1) is 18.3. The van der Waals surface area contributed by atoms with Gasteiger partial charge in [0.05, 0.1) is 17.1 Å². The van der Waals surface area contributed by atoms with Gasteiger partial charge in [0, 0.05) is 39.2 Å². The molecule has 0 fully saturated rings. The average Bonchev–Trinajstić information content (AvgIpc) is 3.37. The van der Waals surface area contributed by atoms with Crippen molar-refractivity contribution in [3.8, 4) is 45.2 Å². The van der Waals surface area contributed by atoms with E-state index < -0.39 is 0 Å². The number of para-hydroxylation sites is 2. The smallest absolute Gasteiger partial charge is 0.160 e. The first-order valence-corrected chi connectivity index (χ1v) is 12.2. The quantitative estimate of drug-likeness (QED) is 0.256. The second-order valence-corrected chi connectivity index (χ2v) is 8.90. The molecule has 0 aliphatic rings. The predicted octanol–water partition coefficient (Wildman–Crippen LogP) is 8.44. The summed E-state index contributed by atoms with van der Waals surface area (Å²) >= 11 is 0. The van der Waals surface area contributed by atoms with Gasteiger partial charge in [-0.25, -0.2) is 9.97 Å². The molecular formula is C33H21N3O. The van der Waals surface area contributed by atoms with Crippen molar-refractivity contribution in [2.45, 2.75) is 0 Å². The summed E-state index contributed by atoms with van der Waals surface area (Å²) in [5, 5.41) is 2.18. The SMILES string of the molecule is c1ccc(-c2cc(-c3cccc4c3oc3ccccc34)nc(-c3ccc(-c4ccccn4)cc3)n2)cc1. The van der Waals surface area contributed by atoms with Crippen molar-refractivity contribution in [3.05, 3.63) is 128 Å². The van der Waals surface area contributed by atoms with E-state index in [2.05, 4.69) is 65.6 Å². The van der Waals surface area contributed by atoms with Crippen LogP contribution in [0.3, 0.4) is 0 Å². The summed E-state index contributed by atoms with van der Waals surface area (Å²) in [5.41, 5.74) is 8.29. The lowest BCUT2D eigenvalue weighted by Gasteiger charge is -2.10. The van der Waals surface area contributed by atoms with Crippen LogP contribution in [0.25, 0.3) is 67.1 Å². The van der Waals surface area contributed by atoms with Gasteiger partial charge in [0.15, 0.2) is 5.82 Å². The number of furan rings is 1. The van der Waals surface area contributed by atoms with Gasteiger partial charge in [0.1, 0.15) is 11.2 Å². The zero-order valence-electron chi connectivity index (χ0n) is 19.9. The minimum atomic E-state index is 0.664. The lowest BCUT2D eigenvalue weighted by molar-refractivity contribution is 0.670. The summed E-state index contributed by atoms with van der Waals surface area (Å²) in [7, 11) is 0. The Morgan fingerprint density at radius 3 is 2.03 bits per heavy atom. The molecule has 0 saturated heterocycles. The lowest BCUT2D eigenvalue weighted by atomic mass is 10.0. The van der Waals surface area contributed by atoms with E-state index >= 15 is 0 Å². The van der Waals surface area contributed by atoms with Crippen molar-refractivity contribution >= 4 is 21.9 Å². The van der Waals surface area contributed by atoms with Crippen molar-refractivity contribution in [3.63, 3.8) is 0 Å². The van der Waals surface area contributed by atoms with Crippen LogP contribution >= 0.6 is 0 Å². The number of rotatable bonds is 4. The minimum Gasteiger partial charge on any atom is -0.455 e. The van der Waals surface area contributed by atoms with Crippen molar-refractivity contribution in [2.75, 3.05) is 0 Å². The van der Waals surface area contributed by atoms with E-state index in [1.54, 1.807) is 6.20 Å². The number of hydrogen-bond acceptors (Lipinski definition) is 4. The maximum Gasteiger partial charge on any atom is 0.160 e. The minimum absolute atomic E-state index is 0.664. The molecule has 0 saturated carbocycles. The normalized spacial score (nSPS) is 11.2. The van der Waals surface area contributed by atoms with Crippen molar-refractivity contribution in [1.82, 2.24) is 15.0 Å². The van der Waals surface area contributed by atoms with Crippen LogP contribution in [0, 0.1) is 0 Å². The first kappa shape index (κ1) is 21.2. The molecule has 7 rings (SSSR count). The Labute approximate surface area is 213 Å². The third-order valence-electron chi connectivity index (χ3n) is 6.58. The number of benzene rings is 4. The molecular weight excluding hydrogens is 454 g/mol. The average molecular weight is 476 g/mol. The van der Waals surface area contributed by atoms with Crippen molar-refractivity contribution in [1.29, 1.82) is 0 Å². The molecule has 0 N–H and O–H groups in total. The zero-order chi connectivity index (χ0) is 24.6. The van der Waals surface area contributed by atoms with E-state index in [1.807, 2.05) is 60.7 Å². The van der Waals surface area contributed by atoms with Crippen LogP contribution in [0.4, 0.5) is 0 Å². The van der Waals surface area contributed by atoms with E-state index in [-0.39, 0.29) is 0 Å². The molecule has 0 unspecified atom stereocenters. The van der Waals surface area contributed by atoms with Gasteiger partial charge >= 0.3 is 0 Å². The van der Waals surface area contributed by atoms with Gasteiger partial charge in [0.25, 0.3) is 0 Å². The number of pyridine rings is 1. The molecule has 4 aromatic carbocycles. The van der Waals surface area contributed by atoms with Gasteiger partial charge in [-0.05, 0) is 30.3 Å². The fraction of sp³-hybridized carbons (Fsp3) is 0. The Balaban J connectivity index is 1.41. The number of aromatic nitrogens is 3. The van der Waals surface area contributed by atoms with Crippen LogP contribution in [-0.4, -0.2) is 15.0 Å². The van der Waals surface area contributed by atoms with Gasteiger partial charge in [-0.1, -0.05) is 91.0 Å². The summed E-state index contributed by atoms with van der Waals surface area (Å²) < 4.78 is 6.33. The Morgan fingerprint density at radius 2 is 1.19 bits per heavy atom. The maximum atomic E-state index is 6.33. The van der Waals surface area contributed by atoms with Crippen molar-refractivity contribution in [2.24, 2.45) is 0 Å². The molecule has 0 amide bonds. The van der Waals surface area contributed by atoms with Crippen LogP contribution in [0.2, 0.25) is 0 Å². The van der Waals surface area contributed by atoms with Crippen LogP contribution < -0.4 is 0 Å². The summed E-state index contributed by atoms with van der Waals surface area (Å²) in [5.74, 6) is 0.664. The monoisotopic (exact) mass is 475 g/mol. The van der Waals surface area contributed by atoms with Crippen LogP contribution in [0.15, 0.2) is 132 Å². The molecule has 3 heterocycles. The molecule has 0 bridgehead atoms. The van der Waals surface area contributed by atoms with Crippen LogP contribution in [-0.2, 0) is 0 Å². The van der Waals surface area contributed by atoms with E-state index in [9.17, 15) is 0 Å². The molecule has 0 atom stereocenters. The highest BCUT2D eigenvalue weighted by molar-refractivity contribution is 6.09. The number of fused-ring (bicyclic) bond motifs is 3. The fourth-order valence-electron chi connectivity index (χ4n) is 4.74. The first-order valence-electron chi connectivity index (χ1n) is 12.2. The molecule has 0 radical (unpaired) electrons. The summed E-state index contributed by atoms with van der Waals surface area (Å²) in [6.45, 7) is 0. The summed E-state index contributed by atoms with van der Waals surface area (Å²) in [6, 6.07) is 40.8. The van der Waals surface area contributed by atoms with E-state index in [0.29, 0.717) is 5.82 Å². The fourth-order valence-corrected chi connectivity index (χ4v) is 4.74. The van der Waals surface area contributed by atoms with Gasteiger partial charge in [0.2, 0.25) is 0 Å². The largest absolute Gasteiger partial charge is 0.455 e. The van der Waals surface area contributed by atoms with Gasteiger partial charge < -0.3 is 4.42 Å². The Morgan fingerprint density at radius 1 is 0.486 bits per heavy atom. The highest BCUT2D eigenvalue weighted by atomic mass is 16.3. The molecule has 37 heavy (non-hydrogen) atoms. The number of nitrogens with zero attached hydrogens (tertiary/aromatic N) is 3. The Bertz CT molecular complexity index is 1860. The molecule has 4 nitrogen and oxygen atoms in total. The van der Waals surface area contributed by atoms with E-state index in [4.69, 9.17) is 14.4 Å². The van der Waals surface area contributed by atoms with Crippen LogP contribution in [0.5, 0.6) is 0 Å². The standard InChI is InChI=1S/C33H21N3O/c1-2-9-22(10-3-1)29-21-30(27-13-8-12-26-25-11-4-5-15-31(25)37-32(26)27)36-33(35-29)24-18-16-23(17-19-24)28-14-6-7-20-34-28/h1-21H. The van der Waals surface area contributed by atoms with Gasteiger partial charge in [-0.2, -0.15) is 0 Å². The van der Waals surface area contributed by atoms with Gasteiger partial charge in [-0.3, -0.25) is 4.98 Å². The highest BCUT2D eigenvalue weighted by Gasteiger charge is 2.16. The maximum absolute atomic E-state index is 6.33. The van der Waals surface area contributed by atoms with Gasteiger partial charge in [-0.15, -0.1) is 0 Å². The Hall–Kier alpha value is -5.09. The van der Waals surface area contributed by atoms with Crippen molar-refractivity contribution < 1.29 is 4.42 Å². The highest BCUT2D eigenvalue weighted by Crippen LogP contribution is 2.36. The molecule has 0 spiro atoms. The molecule has 0 aliphatic carbocycles. The zero-order valence-corrected chi connectivity index (χ0v) is 19.9. The molecule has 174 valence electrons. The second kappa shape index (κ2) is 8.85. The van der Waals surface area contributed by atoms with E-state index in [1.165, 1.54) is 0 Å². The molecule has 3 aromatic heterocycles. The van der Waals surface area contributed by atoms with Crippen LogP contribution in [0.1, 0.15) is 0 Å². The van der Waals surface area contributed by atoms with E-state index in [0.717, 1.165) is 61.3 Å². The third kappa shape index (κ3) is 3.85. The third-order valence-corrected chi connectivity index (χ3v) is 6.58. The topological polar surface area (TPSA) is 51.8 Å².